The Morgan fingerprint density at radius 2 is 1.84 bits per heavy atom. The highest BCUT2D eigenvalue weighted by Gasteiger charge is 2.22. The first-order valence-corrected chi connectivity index (χ1v) is 10.5. The summed E-state index contributed by atoms with van der Waals surface area (Å²) in [6.45, 7) is 13.8. The van der Waals surface area contributed by atoms with Crippen molar-refractivity contribution in [3.05, 3.63) is 83.7 Å². The van der Waals surface area contributed by atoms with Gasteiger partial charge in [-0.05, 0) is 24.6 Å². The van der Waals surface area contributed by atoms with E-state index in [0.717, 1.165) is 43.8 Å². The molecule has 2 aromatic carbocycles. The van der Waals surface area contributed by atoms with Gasteiger partial charge in [0.25, 0.3) is 6.01 Å². The summed E-state index contributed by atoms with van der Waals surface area (Å²) in [5.74, 6) is 0. The van der Waals surface area contributed by atoms with E-state index in [-0.39, 0.29) is 6.04 Å². The summed E-state index contributed by atoms with van der Waals surface area (Å²) in [5, 5.41) is 0. The predicted molar refractivity (Wildman–Crippen MR) is 120 cm³/mol. The van der Waals surface area contributed by atoms with Crippen LogP contribution < -0.4 is 4.90 Å². The molecule has 0 N–H and O–H groups in total. The largest absolute Gasteiger partial charge is 0.423 e. The third kappa shape index (κ3) is 3.90. The molecule has 1 aliphatic rings. The van der Waals surface area contributed by atoms with Crippen molar-refractivity contribution in [1.29, 1.82) is 0 Å². The Morgan fingerprint density at radius 1 is 1.06 bits per heavy atom. The Labute approximate surface area is 181 Å². The van der Waals surface area contributed by atoms with Gasteiger partial charge in [-0.25, -0.2) is 9.83 Å². The van der Waals surface area contributed by atoms with Crippen LogP contribution in [-0.4, -0.2) is 45.6 Å². The normalized spacial score (nSPS) is 15.8. The van der Waals surface area contributed by atoms with E-state index in [4.69, 9.17) is 11.0 Å². The lowest BCUT2D eigenvalue weighted by Crippen LogP contribution is -2.46. The number of oxazole rings is 1. The molecule has 7 nitrogen and oxygen atoms in total. The average Bonchev–Trinajstić information content (AvgIpc) is 3.46. The molecule has 0 amide bonds. The van der Waals surface area contributed by atoms with E-state index >= 15 is 0 Å². The number of imidazole rings is 1. The highest BCUT2D eigenvalue weighted by Crippen LogP contribution is 2.25. The van der Waals surface area contributed by atoms with Gasteiger partial charge in [-0.2, -0.15) is 4.98 Å². The molecule has 1 aliphatic heterocycles. The van der Waals surface area contributed by atoms with Gasteiger partial charge in [0.05, 0.1) is 24.6 Å². The number of aromatic nitrogens is 3. The maximum absolute atomic E-state index is 7.13. The van der Waals surface area contributed by atoms with Crippen LogP contribution in [0.15, 0.2) is 65.5 Å². The molecular formula is C24H24N6O. The molecule has 31 heavy (non-hydrogen) atoms. The molecule has 3 heterocycles. The zero-order valence-corrected chi connectivity index (χ0v) is 17.5. The standard InChI is InChI=1S/C24H24N6O/c1-18(19-7-9-20(25-2)10-8-19)30-17-26-15-21(30)16-28-11-13-29(14-12-28)24-27-22-5-3-4-6-23(22)31-24/h3-10,15,17-18H,11-14,16H2,1H3/t18-/m1/s1. The van der Waals surface area contributed by atoms with Crippen molar-refractivity contribution in [2.45, 2.75) is 19.5 Å². The summed E-state index contributed by atoms with van der Waals surface area (Å²) in [6, 6.07) is 16.6. The molecule has 1 saturated heterocycles. The van der Waals surface area contributed by atoms with Gasteiger partial charge in [0.2, 0.25) is 0 Å². The Bertz CT molecular complexity index is 1180. The van der Waals surface area contributed by atoms with Crippen LogP contribution in [0.3, 0.4) is 0 Å². The Hall–Kier alpha value is -3.63. The second-order valence-electron chi connectivity index (χ2n) is 7.90. The van der Waals surface area contributed by atoms with E-state index in [0.29, 0.717) is 11.7 Å². The van der Waals surface area contributed by atoms with E-state index in [1.54, 1.807) is 0 Å². The van der Waals surface area contributed by atoms with Crippen LogP contribution in [-0.2, 0) is 6.54 Å². The van der Waals surface area contributed by atoms with Gasteiger partial charge in [-0.15, -0.1) is 0 Å². The lowest BCUT2D eigenvalue weighted by atomic mass is 10.1. The third-order valence-electron chi connectivity index (χ3n) is 5.98. The maximum Gasteiger partial charge on any atom is 0.298 e. The Balaban J connectivity index is 1.24. The first-order chi connectivity index (χ1) is 15.2. The molecule has 1 fully saturated rings. The number of fused-ring (bicyclic) bond motifs is 1. The van der Waals surface area contributed by atoms with E-state index in [2.05, 4.69) is 36.1 Å². The summed E-state index contributed by atoms with van der Waals surface area (Å²) in [5.41, 5.74) is 4.77. The van der Waals surface area contributed by atoms with Crippen LogP contribution >= 0.6 is 0 Å². The van der Waals surface area contributed by atoms with Crippen LogP contribution in [0.4, 0.5) is 11.7 Å². The topological polar surface area (TPSA) is 54.7 Å². The number of anilines is 1. The molecule has 156 valence electrons. The number of benzene rings is 2. The van der Waals surface area contributed by atoms with E-state index in [1.807, 2.05) is 61.1 Å². The minimum Gasteiger partial charge on any atom is -0.423 e. The van der Waals surface area contributed by atoms with Gasteiger partial charge in [0, 0.05) is 38.9 Å². The molecule has 0 aliphatic carbocycles. The molecule has 5 rings (SSSR count). The highest BCUT2D eigenvalue weighted by molar-refractivity contribution is 5.74. The second-order valence-corrected chi connectivity index (χ2v) is 7.90. The number of hydrogen-bond acceptors (Lipinski definition) is 5. The third-order valence-corrected chi connectivity index (χ3v) is 5.98. The molecule has 1 atom stereocenters. The van der Waals surface area contributed by atoms with Gasteiger partial charge in [-0.1, -0.05) is 36.4 Å². The van der Waals surface area contributed by atoms with Gasteiger partial charge in [0.15, 0.2) is 11.3 Å². The number of para-hydroxylation sites is 2. The van der Waals surface area contributed by atoms with Crippen molar-refractivity contribution < 1.29 is 4.42 Å². The maximum atomic E-state index is 7.13. The van der Waals surface area contributed by atoms with E-state index in [1.165, 1.54) is 11.3 Å². The second kappa shape index (κ2) is 8.25. The van der Waals surface area contributed by atoms with Gasteiger partial charge in [-0.3, -0.25) is 4.90 Å². The molecule has 0 saturated carbocycles. The fourth-order valence-corrected chi connectivity index (χ4v) is 4.11. The monoisotopic (exact) mass is 412 g/mol. The molecule has 7 heteroatoms. The SMILES string of the molecule is [C-]#[N+]c1ccc([C@@H](C)n2cncc2CN2CCN(c3nc4ccccc4o3)CC2)cc1. The smallest absolute Gasteiger partial charge is 0.298 e. The fraction of sp³-hybridized carbons (Fsp3) is 0.292. The van der Waals surface area contributed by atoms with Gasteiger partial charge >= 0.3 is 0 Å². The van der Waals surface area contributed by atoms with Crippen LogP contribution in [0, 0.1) is 6.57 Å². The van der Waals surface area contributed by atoms with Crippen molar-refractivity contribution >= 4 is 22.8 Å². The average molecular weight is 412 g/mol. The first kappa shape index (κ1) is 19.3. The summed E-state index contributed by atoms with van der Waals surface area (Å²) in [4.78, 5) is 17.2. The molecule has 0 unspecified atom stereocenters. The Kier molecular flexibility index (Phi) is 5.14. The quantitative estimate of drug-likeness (QED) is 0.452. The van der Waals surface area contributed by atoms with E-state index in [9.17, 15) is 0 Å². The number of hydrogen-bond donors (Lipinski definition) is 0. The van der Waals surface area contributed by atoms with Crippen molar-refractivity contribution in [3.63, 3.8) is 0 Å². The molecule has 0 radical (unpaired) electrons. The van der Waals surface area contributed by atoms with Crippen molar-refractivity contribution in [2.24, 2.45) is 0 Å². The summed E-state index contributed by atoms with van der Waals surface area (Å²) in [7, 11) is 0. The molecule has 0 bridgehead atoms. The number of rotatable bonds is 5. The number of piperazine rings is 1. The minimum atomic E-state index is 0.165. The van der Waals surface area contributed by atoms with Crippen LogP contribution in [0.5, 0.6) is 0 Å². The predicted octanol–water partition coefficient (Wildman–Crippen LogP) is 4.51. The molecular weight excluding hydrogens is 388 g/mol. The highest BCUT2D eigenvalue weighted by atomic mass is 16.4. The molecule has 2 aromatic heterocycles. The Morgan fingerprint density at radius 3 is 2.58 bits per heavy atom. The van der Waals surface area contributed by atoms with Crippen LogP contribution in [0.2, 0.25) is 0 Å². The summed E-state index contributed by atoms with van der Waals surface area (Å²) < 4.78 is 8.15. The van der Waals surface area contributed by atoms with Crippen molar-refractivity contribution in [1.82, 2.24) is 19.4 Å². The zero-order chi connectivity index (χ0) is 21.2. The van der Waals surface area contributed by atoms with Crippen molar-refractivity contribution in [2.75, 3.05) is 31.1 Å². The molecule has 4 aromatic rings. The first-order valence-electron chi connectivity index (χ1n) is 10.5. The zero-order valence-electron chi connectivity index (χ0n) is 17.5. The lowest BCUT2D eigenvalue weighted by molar-refractivity contribution is 0.239. The van der Waals surface area contributed by atoms with Crippen LogP contribution in [0.1, 0.15) is 24.2 Å². The van der Waals surface area contributed by atoms with Gasteiger partial charge < -0.3 is 13.9 Å². The summed E-state index contributed by atoms with van der Waals surface area (Å²) >= 11 is 0. The molecule has 0 spiro atoms. The van der Waals surface area contributed by atoms with Crippen molar-refractivity contribution in [3.8, 4) is 0 Å². The number of nitrogens with zero attached hydrogens (tertiary/aromatic N) is 6. The summed E-state index contributed by atoms with van der Waals surface area (Å²) in [6.07, 6.45) is 3.86. The lowest BCUT2D eigenvalue weighted by Gasteiger charge is -2.34. The minimum absolute atomic E-state index is 0.165. The van der Waals surface area contributed by atoms with Gasteiger partial charge in [0.1, 0.15) is 5.52 Å². The fourth-order valence-electron chi connectivity index (χ4n) is 4.11. The van der Waals surface area contributed by atoms with E-state index < -0.39 is 0 Å². The van der Waals surface area contributed by atoms with Crippen LogP contribution in [0.25, 0.3) is 15.9 Å².